The highest BCUT2D eigenvalue weighted by molar-refractivity contribution is 6.03. The van der Waals surface area contributed by atoms with Crippen LogP contribution in [-0.2, 0) is 0 Å². The van der Waals surface area contributed by atoms with Crippen LogP contribution in [0.3, 0.4) is 0 Å². The van der Waals surface area contributed by atoms with Crippen LogP contribution < -0.4 is 5.32 Å². The second-order valence-electron chi connectivity index (χ2n) is 4.06. The normalized spacial score (nSPS) is 10.3. The van der Waals surface area contributed by atoms with E-state index >= 15 is 0 Å². The molecule has 5 heteroatoms. The van der Waals surface area contributed by atoms with Crippen LogP contribution in [0.4, 0.5) is 5.82 Å². The molecule has 3 rings (SSSR count). The molecular weight excluding hydrogens is 240 g/mol. The van der Waals surface area contributed by atoms with Gasteiger partial charge < -0.3 is 9.88 Å². The average molecular weight is 252 g/mol. The number of aromatic amines is 1. The van der Waals surface area contributed by atoms with Gasteiger partial charge >= 0.3 is 0 Å². The summed E-state index contributed by atoms with van der Waals surface area (Å²) in [4.78, 5) is 11.9. The van der Waals surface area contributed by atoms with E-state index < -0.39 is 0 Å². The number of hydrogen-bond donors (Lipinski definition) is 2. The number of rotatable bonds is 3. The maximum Gasteiger partial charge on any atom is 0.256 e. The lowest BCUT2D eigenvalue weighted by Gasteiger charge is -2.05. The lowest BCUT2D eigenvalue weighted by atomic mass is 10.2. The van der Waals surface area contributed by atoms with Crippen molar-refractivity contribution in [3.63, 3.8) is 0 Å². The van der Waals surface area contributed by atoms with E-state index in [-0.39, 0.29) is 5.91 Å². The number of carbonyl (C=O) groups is 1. The minimum absolute atomic E-state index is 0.164. The van der Waals surface area contributed by atoms with Gasteiger partial charge in [0.2, 0.25) is 0 Å². The van der Waals surface area contributed by atoms with E-state index in [4.69, 9.17) is 0 Å². The first-order valence-electron chi connectivity index (χ1n) is 5.87. The summed E-state index contributed by atoms with van der Waals surface area (Å²) in [6, 6.07) is 13.0. The molecule has 5 nitrogen and oxygen atoms in total. The molecule has 0 aliphatic carbocycles. The first kappa shape index (κ1) is 11.3. The molecule has 0 aliphatic rings. The molecule has 2 aromatic heterocycles. The summed E-state index contributed by atoms with van der Waals surface area (Å²) in [6.45, 7) is 0. The fraction of sp³-hybridized carbons (Fsp3) is 0. The zero-order valence-corrected chi connectivity index (χ0v) is 10.1. The van der Waals surface area contributed by atoms with Crippen LogP contribution in [0.5, 0.6) is 0 Å². The van der Waals surface area contributed by atoms with Crippen molar-refractivity contribution in [2.75, 3.05) is 5.32 Å². The van der Waals surface area contributed by atoms with Crippen molar-refractivity contribution in [3.05, 3.63) is 66.6 Å². The first-order valence-corrected chi connectivity index (χ1v) is 5.87. The molecule has 0 saturated carbocycles. The fourth-order valence-electron chi connectivity index (χ4n) is 1.81. The standard InChI is InChI=1S/C14H12N4O/c19-14(16-13-7-8-15-17-13)11-3-5-12(6-4-11)18-9-1-2-10-18/h1-10H,(H2,15,16,17,19). The topological polar surface area (TPSA) is 62.7 Å². The van der Waals surface area contributed by atoms with Crippen LogP contribution in [0.25, 0.3) is 5.69 Å². The van der Waals surface area contributed by atoms with E-state index in [1.807, 2.05) is 41.2 Å². The Morgan fingerprint density at radius 2 is 1.84 bits per heavy atom. The predicted octanol–water partition coefficient (Wildman–Crippen LogP) is 2.45. The van der Waals surface area contributed by atoms with Gasteiger partial charge in [0.05, 0.1) is 6.20 Å². The second-order valence-corrected chi connectivity index (χ2v) is 4.06. The van der Waals surface area contributed by atoms with Crippen LogP contribution in [0, 0.1) is 0 Å². The Morgan fingerprint density at radius 3 is 2.47 bits per heavy atom. The second kappa shape index (κ2) is 4.81. The van der Waals surface area contributed by atoms with Crippen molar-refractivity contribution in [1.82, 2.24) is 14.8 Å². The van der Waals surface area contributed by atoms with E-state index in [1.165, 1.54) is 0 Å². The molecule has 0 aliphatic heterocycles. The molecule has 2 N–H and O–H groups in total. The zero-order valence-electron chi connectivity index (χ0n) is 10.1. The Kier molecular flexibility index (Phi) is 2.86. The maximum atomic E-state index is 11.9. The van der Waals surface area contributed by atoms with Crippen molar-refractivity contribution in [2.45, 2.75) is 0 Å². The first-order chi connectivity index (χ1) is 9.33. The average Bonchev–Trinajstić information content (AvgIpc) is 3.12. The molecule has 0 atom stereocenters. The van der Waals surface area contributed by atoms with Crippen LogP contribution in [0.1, 0.15) is 10.4 Å². The molecule has 1 aromatic carbocycles. The molecule has 0 radical (unpaired) electrons. The molecule has 0 saturated heterocycles. The van der Waals surface area contributed by atoms with Crippen LogP contribution in [0.15, 0.2) is 61.1 Å². The van der Waals surface area contributed by atoms with Gasteiger partial charge in [0.25, 0.3) is 5.91 Å². The van der Waals surface area contributed by atoms with E-state index in [1.54, 1.807) is 24.4 Å². The number of nitrogens with one attached hydrogen (secondary N) is 2. The summed E-state index contributed by atoms with van der Waals surface area (Å²) < 4.78 is 1.98. The van der Waals surface area contributed by atoms with Crippen LogP contribution in [0.2, 0.25) is 0 Å². The molecule has 0 spiro atoms. The molecule has 1 amide bonds. The van der Waals surface area contributed by atoms with Crippen molar-refractivity contribution in [2.24, 2.45) is 0 Å². The third-order valence-electron chi connectivity index (χ3n) is 2.78. The molecule has 0 unspecified atom stereocenters. The number of amides is 1. The number of hydrogen-bond acceptors (Lipinski definition) is 2. The van der Waals surface area contributed by atoms with Gasteiger partial charge in [-0.3, -0.25) is 9.89 Å². The summed E-state index contributed by atoms with van der Waals surface area (Å²) in [5.74, 6) is 0.419. The maximum absolute atomic E-state index is 11.9. The zero-order chi connectivity index (χ0) is 13.1. The van der Waals surface area contributed by atoms with E-state index in [0.717, 1.165) is 5.69 Å². The lowest BCUT2D eigenvalue weighted by Crippen LogP contribution is -2.12. The third kappa shape index (κ3) is 2.40. The Labute approximate surface area is 109 Å². The van der Waals surface area contributed by atoms with E-state index in [0.29, 0.717) is 11.4 Å². The minimum atomic E-state index is -0.164. The largest absolute Gasteiger partial charge is 0.324 e. The molecule has 2 heterocycles. The number of nitrogens with zero attached hydrogens (tertiary/aromatic N) is 2. The third-order valence-corrected chi connectivity index (χ3v) is 2.78. The smallest absolute Gasteiger partial charge is 0.256 e. The van der Waals surface area contributed by atoms with Gasteiger partial charge in [-0.05, 0) is 36.4 Å². The van der Waals surface area contributed by atoms with Gasteiger partial charge in [-0.25, -0.2) is 0 Å². The van der Waals surface area contributed by atoms with Gasteiger partial charge in [-0.15, -0.1) is 0 Å². The number of aromatic nitrogens is 3. The van der Waals surface area contributed by atoms with Crippen molar-refractivity contribution in [3.8, 4) is 5.69 Å². The summed E-state index contributed by atoms with van der Waals surface area (Å²) in [7, 11) is 0. The van der Waals surface area contributed by atoms with E-state index in [9.17, 15) is 4.79 Å². The predicted molar refractivity (Wildman–Crippen MR) is 72.3 cm³/mol. The fourth-order valence-corrected chi connectivity index (χ4v) is 1.81. The Morgan fingerprint density at radius 1 is 1.11 bits per heavy atom. The van der Waals surface area contributed by atoms with Gasteiger partial charge in [-0.2, -0.15) is 5.10 Å². The molecule has 0 bridgehead atoms. The van der Waals surface area contributed by atoms with Crippen LogP contribution in [-0.4, -0.2) is 20.7 Å². The summed E-state index contributed by atoms with van der Waals surface area (Å²) in [6.07, 6.45) is 5.50. The number of carbonyl (C=O) groups excluding carboxylic acids is 1. The van der Waals surface area contributed by atoms with Crippen LogP contribution >= 0.6 is 0 Å². The monoisotopic (exact) mass is 252 g/mol. The Balaban J connectivity index is 1.77. The quantitative estimate of drug-likeness (QED) is 0.752. The van der Waals surface area contributed by atoms with Crippen molar-refractivity contribution >= 4 is 11.7 Å². The highest BCUT2D eigenvalue weighted by Gasteiger charge is 2.06. The van der Waals surface area contributed by atoms with Gasteiger partial charge in [0.15, 0.2) is 0 Å². The Bertz CT molecular complexity index is 654. The summed E-state index contributed by atoms with van der Waals surface area (Å²) >= 11 is 0. The summed E-state index contributed by atoms with van der Waals surface area (Å²) in [5, 5.41) is 9.19. The van der Waals surface area contributed by atoms with Gasteiger partial charge in [0, 0.05) is 29.7 Å². The van der Waals surface area contributed by atoms with Crippen molar-refractivity contribution in [1.29, 1.82) is 0 Å². The highest BCUT2D eigenvalue weighted by atomic mass is 16.1. The van der Waals surface area contributed by atoms with Gasteiger partial charge in [0.1, 0.15) is 5.82 Å². The molecule has 19 heavy (non-hydrogen) atoms. The highest BCUT2D eigenvalue weighted by Crippen LogP contribution is 2.11. The Hall–Kier alpha value is -2.82. The van der Waals surface area contributed by atoms with Crippen molar-refractivity contribution < 1.29 is 4.79 Å². The SMILES string of the molecule is O=C(Nc1ccn[nH]1)c1ccc(-n2cccc2)cc1. The minimum Gasteiger partial charge on any atom is -0.324 e. The van der Waals surface area contributed by atoms with Gasteiger partial charge in [-0.1, -0.05) is 0 Å². The molecule has 3 aromatic rings. The number of benzene rings is 1. The summed E-state index contributed by atoms with van der Waals surface area (Å²) in [5.41, 5.74) is 1.62. The number of H-pyrrole nitrogens is 1. The van der Waals surface area contributed by atoms with E-state index in [2.05, 4.69) is 15.5 Å². The molecule has 94 valence electrons. The molecular formula is C14H12N4O. The number of anilines is 1. The lowest BCUT2D eigenvalue weighted by molar-refractivity contribution is 0.102. The molecule has 0 fully saturated rings.